The number of hydrogen-bond donors (Lipinski definition) is 3. The van der Waals surface area contributed by atoms with E-state index < -0.39 is 6.10 Å². The van der Waals surface area contributed by atoms with Crippen molar-refractivity contribution in [1.82, 2.24) is 5.32 Å². The second-order valence-electron chi connectivity index (χ2n) is 4.70. The summed E-state index contributed by atoms with van der Waals surface area (Å²) in [5.74, 6) is 1.05. The van der Waals surface area contributed by atoms with Crippen LogP contribution in [0.3, 0.4) is 0 Å². The summed E-state index contributed by atoms with van der Waals surface area (Å²) < 4.78 is 5.44. The first-order chi connectivity index (χ1) is 9.11. The van der Waals surface area contributed by atoms with Crippen molar-refractivity contribution in [3.8, 4) is 5.75 Å². The third-order valence-electron chi connectivity index (χ3n) is 2.73. The standard InChI is InChI=1S/C14H22ClNO3/c1-11(5-6-17)8-16-9-13(18)10-19-14-4-2-3-12(15)7-14/h2-4,7,11,13,16-18H,5-6,8-10H2,1H3. The maximum Gasteiger partial charge on any atom is 0.120 e. The highest BCUT2D eigenvalue weighted by Crippen LogP contribution is 2.17. The molecule has 0 heterocycles. The molecule has 0 bridgehead atoms. The second-order valence-corrected chi connectivity index (χ2v) is 5.13. The number of ether oxygens (including phenoxy) is 1. The number of hydrogen-bond acceptors (Lipinski definition) is 4. The number of benzene rings is 1. The predicted octanol–water partition coefficient (Wildman–Crippen LogP) is 1.69. The molecule has 0 aromatic heterocycles. The predicted molar refractivity (Wildman–Crippen MR) is 76.7 cm³/mol. The average Bonchev–Trinajstić information content (AvgIpc) is 2.37. The fourth-order valence-electron chi connectivity index (χ4n) is 1.63. The zero-order valence-corrected chi connectivity index (χ0v) is 11.9. The molecule has 0 aliphatic carbocycles. The summed E-state index contributed by atoms with van der Waals surface area (Å²) in [6.45, 7) is 3.72. The molecular weight excluding hydrogens is 266 g/mol. The molecule has 0 fully saturated rings. The first-order valence-electron chi connectivity index (χ1n) is 6.50. The van der Waals surface area contributed by atoms with Gasteiger partial charge in [-0.25, -0.2) is 0 Å². The van der Waals surface area contributed by atoms with Crippen molar-refractivity contribution < 1.29 is 14.9 Å². The van der Waals surface area contributed by atoms with Crippen molar-refractivity contribution in [3.05, 3.63) is 29.3 Å². The third-order valence-corrected chi connectivity index (χ3v) is 2.97. The van der Waals surface area contributed by atoms with Crippen molar-refractivity contribution in [3.63, 3.8) is 0 Å². The quantitative estimate of drug-likeness (QED) is 0.647. The molecular formula is C14H22ClNO3. The molecule has 1 aromatic rings. The van der Waals surface area contributed by atoms with Crippen molar-refractivity contribution in [2.45, 2.75) is 19.4 Å². The smallest absolute Gasteiger partial charge is 0.120 e. The van der Waals surface area contributed by atoms with Crippen molar-refractivity contribution in [2.24, 2.45) is 5.92 Å². The highest BCUT2D eigenvalue weighted by atomic mass is 35.5. The van der Waals surface area contributed by atoms with Gasteiger partial charge in [0.2, 0.25) is 0 Å². The Morgan fingerprint density at radius 1 is 1.37 bits per heavy atom. The van der Waals surface area contributed by atoms with Crippen LogP contribution in [0.1, 0.15) is 13.3 Å². The van der Waals surface area contributed by atoms with Crippen LogP contribution in [-0.4, -0.2) is 42.6 Å². The Labute approximate surface area is 119 Å². The molecule has 4 nitrogen and oxygen atoms in total. The normalized spacial score (nSPS) is 14.1. The minimum atomic E-state index is -0.569. The maximum atomic E-state index is 9.75. The molecule has 108 valence electrons. The highest BCUT2D eigenvalue weighted by molar-refractivity contribution is 6.30. The maximum absolute atomic E-state index is 9.75. The van der Waals surface area contributed by atoms with Gasteiger partial charge in [0.1, 0.15) is 18.5 Å². The zero-order chi connectivity index (χ0) is 14.1. The zero-order valence-electron chi connectivity index (χ0n) is 11.2. The number of halogens is 1. The van der Waals surface area contributed by atoms with E-state index in [1.807, 2.05) is 0 Å². The van der Waals surface area contributed by atoms with E-state index >= 15 is 0 Å². The van der Waals surface area contributed by atoms with Gasteiger partial charge in [0, 0.05) is 18.2 Å². The van der Waals surface area contributed by atoms with Gasteiger partial charge >= 0.3 is 0 Å². The molecule has 0 aliphatic heterocycles. The molecule has 0 amide bonds. The molecule has 0 saturated carbocycles. The van der Waals surface area contributed by atoms with Crippen molar-refractivity contribution in [2.75, 3.05) is 26.3 Å². The summed E-state index contributed by atoms with van der Waals surface area (Å²) in [5, 5.41) is 22.3. The fourth-order valence-corrected chi connectivity index (χ4v) is 1.81. The van der Waals surface area contributed by atoms with E-state index in [9.17, 15) is 5.11 Å². The van der Waals surface area contributed by atoms with Crippen LogP contribution in [0.4, 0.5) is 0 Å². The highest BCUT2D eigenvalue weighted by Gasteiger charge is 2.07. The monoisotopic (exact) mass is 287 g/mol. The van der Waals surface area contributed by atoms with E-state index in [2.05, 4.69) is 12.2 Å². The Balaban J connectivity index is 2.16. The summed E-state index contributed by atoms with van der Waals surface area (Å²) in [6, 6.07) is 7.09. The van der Waals surface area contributed by atoms with E-state index in [-0.39, 0.29) is 13.2 Å². The molecule has 2 unspecified atom stereocenters. The van der Waals surface area contributed by atoms with Crippen LogP contribution in [0.25, 0.3) is 0 Å². The molecule has 1 rings (SSSR count). The molecule has 3 N–H and O–H groups in total. The number of rotatable bonds is 9. The van der Waals surface area contributed by atoms with Gasteiger partial charge in [0.05, 0.1) is 0 Å². The van der Waals surface area contributed by atoms with Crippen LogP contribution in [0.15, 0.2) is 24.3 Å². The van der Waals surface area contributed by atoms with Crippen molar-refractivity contribution >= 4 is 11.6 Å². The lowest BCUT2D eigenvalue weighted by Gasteiger charge is -2.15. The summed E-state index contributed by atoms with van der Waals surface area (Å²) >= 11 is 5.83. The number of aliphatic hydroxyl groups excluding tert-OH is 2. The van der Waals surface area contributed by atoms with Gasteiger partial charge < -0.3 is 20.3 Å². The van der Waals surface area contributed by atoms with E-state index in [1.54, 1.807) is 24.3 Å². The molecule has 5 heteroatoms. The van der Waals surface area contributed by atoms with Crippen LogP contribution in [0.2, 0.25) is 5.02 Å². The fraction of sp³-hybridized carbons (Fsp3) is 0.571. The average molecular weight is 288 g/mol. The van der Waals surface area contributed by atoms with E-state index in [4.69, 9.17) is 21.4 Å². The molecule has 1 aromatic carbocycles. The Morgan fingerprint density at radius 2 is 2.16 bits per heavy atom. The molecule has 0 saturated heterocycles. The summed E-state index contributed by atoms with van der Waals surface area (Å²) in [5.41, 5.74) is 0. The molecule has 0 aliphatic rings. The van der Waals surface area contributed by atoms with Crippen LogP contribution < -0.4 is 10.1 Å². The molecule has 2 atom stereocenters. The van der Waals surface area contributed by atoms with E-state index in [0.717, 1.165) is 13.0 Å². The first-order valence-corrected chi connectivity index (χ1v) is 6.87. The van der Waals surface area contributed by atoms with Crippen LogP contribution >= 0.6 is 11.6 Å². The largest absolute Gasteiger partial charge is 0.491 e. The topological polar surface area (TPSA) is 61.7 Å². The Hall–Kier alpha value is -0.810. The molecule has 19 heavy (non-hydrogen) atoms. The minimum absolute atomic E-state index is 0.198. The third kappa shape index (κ3) is 7.38. The Morgan fingerprint density at radius 3 is 2.84 bits per heavy atom. The lowest BCUT2D eigenvalue weighted by molar-refractivity contribution is 0.105. The first kappa shape index (κ1) is 16.2. The Kier molecular flexibility index (Phi) is 7.82. The van der Waals surface area contributed by atoms with Gasteiger partial charge in [0.15, 0.2) is 0 Å². The summed E-state index contributed by atoms with van der Waals surface area (Å²) in [4.78, 5) is 0. The van der Waals surface area contributed by atoms with E-state index in [0.29, 0.717) is 23.2 Å². The van der Waals surface area contributed by atoms with Gasteiger partial charge in [-0.15, -0.1) is 0 Å². The van der Waals surface area contributed by atoms with Gasteiger partial charge in [0.25, 0.3) is 0 Å². The number of nitrogens with one attached hydrogen (secondary N) is 1. The minimum Gasteiger partial charge on any atom is -0.491 e. The van der Waals surface area contributed by atoms with Gasteiger partial charge in [-0.2, -0.15) is 0 Å². The van der Waals surface area contributed by atoms with Gasteiger partial charge in [-0.1, -0.05) is 24.6 Å². The van der Waals surface area contributed by atoms with Crippen LogP contribution in [0, 0.1) is 5.92 Å². The lowest BCUT2D eigenvalue weighted by atomic mass is 10.1. The van der Waals surface area contributed by atoms with Crippen molar-refractivity contribution in [1.29, 1.82) is 0 Å². The van der Waals surface area contributed by atoms with Gasteiger partial charge in [-0.3, -0.25) is 0 Å². The summed E-state index contributed by atoms with van der Waals surface area (Å²) in [6.07, 6.45) is 0.197. The summed E-state index contributed by atoms with van der Waals surface area (Å²) in [7, 11) is 0. The Bertz CT molecular complexity index is 362. The van der Waals surface area contributed by atoms with Crippen LogP contribution in [-0.2, 0) is 0 Å². The van der Waals surface area contributed by atoms with Gasteiger partial charge in [-0.05, 0) is 37.1 Å². The lowest BCUT2D eigenvalue weighted by Crippen LogP contribution is -2.34. The molecule has 0 radical (unpaired) electrons. The molecule has 0 spiro atoms. The number of aliphatic hydroxyl groups is 2. The van der Waals surface area contributed by atoms with Crippen LogP contribution in [0.5, 0.6) is 5.75 Å². The SMILES string of the molecule is CC(CCO)CNCC(O)COc1cccc(Cl)c1. The van der Waals surface area contributed by atoms with E-state index in [1.165, 1.54) is 0 Å². The second kappa shape index (κ2) is 9.15.